The lowest BCUT2D eigenvalue weighted by atomic mass is 9.91. The number of aromatic nitrogens is 6. The molecule has 0 unspecified atom stereocenters. The van der Waals surface area contributed by atoms with Crippen molar-refractivity contribution in [2.24, 2.45) is 0 Å². The molecule has 2 N–H and O–H groups in total. The Labute approximate surface area is 587 Å². The van der Waals surface area contributed by atoms with Gasteiger partial charge in [-0.1, -0.05) is 24.3 Å². The molecular weight excluding hydrogens is 1540 g/mol. The van der Waals surface area contributed by atoms with Gasteiger partial charge in [-0.05, 0) is 83.6 Å². The largest absolute Gasteiger partial charge is 0.354 e. The van der Waals surface area contributed by atoms with Gasteiger partial charge in [0.15, 0.2) is 140 Å². The van der Waals surface area contributed by atoms with Crippen LogP contribution in [-0.2, 0) is 0 Å². The van der Waals surface area contributed by atoms with Gasteiger partial charge in [-0.2, -0.15) is 0 Å². The maximum absolute atomic E-state index is 17.1. The van der Waals surface area contributed by atoms with Crippen molar-refractivity contribution in [1.82, 2.24) is 29.9 Å². The lowest BCUT2D eigenvalue weighted by Crippen LogP contribution is -2.06. The molecule has 36 heteroatoms. The molecule has 0 spiro atoms. The summed E-state index contributed by atoms with van der Waals surface area (Å²) >= 11 is 0. The van der Waals surface area contributed by atoms with Crippen LogP contribution in [0.15, 0.2) is 60.7 Å². The minimum atomic E-state index is -2.93. The van der Waals surface area contributed by atoms with Crippen molar-refractivity contribution in [3.8, 4) is 89.3 Å². The van der Waals surface area contributed by atoms with Crippen LogP contribution in [0.25, 0.3) is 159 Å². The molecule has 4 aliphatic rings. The number of hydrogen-bond donors (Lipinski definition) is 2. The number of nitrogens with zero attached hydrogens (tertiary/aromatic N) is 4. The molecule has 3 aromatic heterocycles. The standard InChI is InChI=1S/C74H18F30N6/c75-43-37(44(76)56(88)67(99)55(43)87)31-21-5-6-22(105-21)32(38-45(77)57(89)68(100)58(90)46(38)78)24-8-10-26(107-24)34(40-49(81)61(93)70(102)62(94)50(40)82)28-12-14-30(109-28)36(42-53(85)65(97)72(104)66(98)54(42)86)74-20-16-18-4-2-1-3-17(18)15-19(20)73(110-74)35(41-51(83)63(95)71(103)64(96)52(41)84)29-13-11-27(108-29)33(25-9-7-23(31)106-25)39-47(79)59(91)69(101)60(92)48(39)80/h1-16,106,109H. The fourth-order valence-electron chi connectivity index (χ4n) is 12.8. The van der Waals surface area contributed by atoms with Crippen molar-refractivity contribution in [1.29, 1.82) is 0 Å². The first-order chi connectivity index (χ1) is 52.1. The van der Waals surface area contributed by atoms with Crippen LogP contribution in [0.3, 0.4) is 0 Å². The Morgan fingerprint density at radius 2 is 0.355 bits per heavy atom. The van der Waals surface area contributed by atoms with Gasteiger partial charge in [0, 0.05) is 66.6 Å². The Morgan fingerprint density at radius 1 is 0.173 bits per heavy atom. The zero-order valence-corrected chi connectivity index (χ0v) is 52.4. The number of aromatic amines is 2. The SMILES string of the molecule is Fc1c(F)c(F)c(-c2c3nc(c(-c4c(F)c(F)c(F)c(F)c4F)c4ccc([nH]4)c(-c4c(F)c(F)c(F)c(F)c4F)c4nc(c(-c5c(F)c(F)c(F)c(F)c5F)c5nc(c(-c6c(F)c(F)c(F)c(F)c6F)c6ccc([nH]6)c(-c6c(F)c(F)c(F)c(F)c6F)c6nc2C=C6)-c2cc6ccccc6cc2-5)C=C4)C=C3)c(F)c1F. The highest BCUT2D eigenvalue weighted by atomic mass is 19.2. The zero-order chi connectivity index (χ0) is 79.0. The molecule has 0 saturated carbocycles. The highest BCUT2D eigenvalue weighted by Crippen LogP contribution is 2.52. The molecule has 11 aromatic rings. The number of benzene rings is 8. The molecule has 12 bridgehead atoms. The first kappa shape index (κ1) is 72.6. The Kier molecular flexibility index (Phi) is 17.1. The van der Waals surface area contributed by atoms with E-state index in [9.17, 15) is 8.78 Å². The van der Waals surface area contributed by atoms with E-state index >= 15 is 123 Å². The van der Waals surface area contributed by atoms with Gasteiger partial charge in [-0.25, -0.2) is 152 Å². The molecule has 8 aromatic carbocycles. The number of halogens is 30. The zero-order valence-electron chi connectivity index (χ0n) is 52.4. The molecule has 110 heavy (non-hydrogen) atoms. The molecule has 4 aliphatic heterocycles. The number of hydrogen-bond acceptors (Lipinski definition) is 4. The molecule has 0 radical (unpaired) electrons. The van der Waals surface area contributed by atoms with Crippen LogP contribution in [0, 0.1) is 175 Å². The normalized spacial score (nSPS) is 12.3. The summed E-state index contributed by atoms with van der Waals surface area (Å²) in [6.07, 6.45) is 2.20. The summed E-state index contributed by atoms with van der Waals surface area (Å²) in [5, 5.41) is -0.219. The van der Waals surface area contributed by atoms with Crippen LogP contribution in [0.5, 0.6) is 0 Å². The third-order valence-electron chi connectivity index (χ3n) is 17.8. The van der Waals surface area contributed by atoms with Gasteiger partial charge in [0.05, 0.1) is 78.9 Å². The topological polar surface area (TPSA) is 83.1 Å². The summed E-state index contributed by atoms with van der Waals surface area (Å²) in [5.41, 5.74) is -40.7. The Bertz CT molecular complexity index is 6370. The van der Waals surface area contributed by atoms with Crippen molar-refractivity contribution < 1.29 is 132 Å². The van der Waals surface area contributed by atoms with Gasteiger partial charge in [0.25, 0.3) is 0 Å². The van der Waals surface area contributed by atoms with E-state index in [4.69, 9.17) is 0 Å². The van der Waals surface area contributed by atoms with Crippen molar-refractivity contribution in [3.05, 3.63) is 269 Å². The van der Waals surface area contributed by atoms with Gasteiger partial charge in [0.2, 0.25) is 34.9 Å². The van der Waals surface area contributed by atoms with E-state index in [-0.39, 0.29) is 10.8 Å². The van der Waals surface area contributed by atoms with Gasteiger partial charge < -0.3 is 9.97 Å². The van der Waals surface area contributed by atoms with Crippen LogP contribution in [0.2, 0.25) is 0 Å². The van der Waals surface area contributed by atoms with Crippen molar-refractivity contribution >= 4 is 69.3 Å². The molecule has 0 fully saturated rings. The molecule has 554 valence electrons. The van der Waals surface area contributed by atoms with Crippen molar-refractivity contribution in [2.75, 3.05) is 0 Å². The lowest BCUT2D eigenvalue weighted by molar-refractivity contribution is 0.381. The van der Waals surface area contributed by atoms with Crippen LogP contribution >= 0.6 is 0 Å². The van der Waals surface area contributed by atoms with E-state index in [0.29, 0.717) is 60.7 Å². The summed E-state index contributed by atoms with van der Waals surface area (Å²) in [5.74, 6) is -86.4. The summed E-state index contributed by atoms with van der Waals surface area (Å²) in [6, 6.07) is 8.35. The Morgan fingerprint density at radius 3 is 0.609 bits per heavy atom. The summed E-state index contributed by atoms with van der Waals surface area (Å²) in [6.45, 7) is 0. The average Bonchev–Trinajstić information content (AvgIpc) is 1.54. The molecule has 0 saturated heterocycles. The van der Waals surface area contributed by atoms with Gasteiger partial charge in [-0.15, -0.1) is 0 Å². The first-order valence-corrected chi connectivity index (χ1v) is 30.2. The van der Waals surface area contributed by atoms with Gasteiger partial charge in [-0.3, -0.25) is 0 Å². The Hall–Kier alpha value is -12.9. The van der Waals surface area contributed by atoms with E-state index < -0.39 is 320 Å². The van der Waals surface area contributed by atoms with E-state index in [2.05, 4.69) is 29.9 Å². The van der Waals surface area contributed by atoms with E-state index in [1.807, 2.05) is 0 Å². The highest BCUT2D eigenvalue weighted by molar-refractivity contribution is 6.08. The number of rotatable bonds is 6. The van der Waals surface area contributed by atoms with Crippen LogP contribution in [0.4, 0.5) is 132 Å². The fraction of sp³-hybridized carbons (Fsp3) is 0. The van der Waals surface area contributed by atoms with E-state index in [0.717, 1.165) is 12.1 Å². The maximum Gasteiger partial charge on any atom is 0.200 e. The van der Waals surface area contributed by atoms with E-state index in [1.165, 1.54) is 24.3 Å². The Balaban J connectivity index is 1.27. The maximum atomic E-state index is 17.1. The summed E-state index contributed by atoms with van der Waals surface area (Å²) in [4.78, 5) is 20.5. The summed E-state index contributed by atoms with van der Waals surface area (Å²) < 4.78 is 482. The van der Waals surface area contributed by atoms with Gasteiger partial charge >= 0.3 is 0 Å². The molecule has 6 nitrogen and oxygen atoms in total. The van der Waals surface area contributed by atoms with Crippen molar-refractivity contribution in [2.45, 2.75) is 0 Å². The predicted molar refractivity (Wildman–Crippen MR) is 332 cm³/mol. The van der Waals surface area contributed by atoms with Gasteiger partial charge in [0.1, 0.15) is 0 Å². The molecule has 0 aliphatic carbocycles. The minimum Gasteiger partial charge on any atom is -0.354 e. The minimum absolute atomic E-state index is 0.109. The summed E-state index contributed by atoms with van der Waals surface area (Å²) in [7, 11) is 0. The average molecular weight is 1560 g/mol. The molecule has 0 atom stereocenters. The fourth-order valence-corrected chi connectivity index (χ4v) is 12.8. The third kappa shape index (κ3) is 10.5. The highest BCUT2D eigenvalue weighted by Gasteiger charge is 2.40. The number of fused-ring (bicyclic) bond motifs is 16. The third-order valence-corrected chi connectivity index (χ3v) is 17.8. The molecule has 7 heterocycles. The second-order valence-corrected chi connectivity index (χ2v) is 23.7. The second kappa shape index (κ2) is 25.9. The molecule has 15 rings (SSSR count). The predicted octanol–water partition coefficient (Wildman–Crippen LogP) is 23.2. The monoisotopic (exact) mass is 1560 g/mol. The smallest absolute Gasteiger partial charge is 0.200 e. The van der Waals surface area contributed by atoms with Crippen LogP contribution < -0.4 is 0 Å². The van der Waals surface area contributed by atoms with Crippen LogP contribution in [-0.4, -0.2) is 29.9 Å². The molecular formula is C74H18F30N6. The molecule has 0 amide bonds. The van der Waals surface area contributed by atoms with E-state index in [1.54, 1.807) is 0 Å². The van der Waals surface area contributed by atoms with Crippen LogP contribution in [0.1, 0.15) is 34.2 Å². The van der Waals surface area contributed by atoms with Crippen molar-refractivity contribution in [3.63, 3.8) is 0 Å². The second-order valence-electron chi connectivity index (χ2n) is 23.7. The quantitative estimate of drug-likeness (QED) is 0.0987. The first-order valence-electron chi connectivity index (χ1n) is 30.2. The lowest BCUT2D eigenvalue weighted by Gasteiger charge is -2.13. The number of nitrogens with one attached hydrogen (secondary N) is 2. The number of H-pyrrole nitrogens is 2.